The first-order chi connectivity index (χ1) is 6.74. The largest absolute Gasteiger partial charge is 0.356 e. The summed E-state index contributed by atoms with van der Waals surface area (Å²) in [6.45, 7) is 5.16. The van der Waals surface area contributed by atoms with Crippen molar-refractivity contribution in [3.8, 4) is 0 Å². The molecule has 1 rings (SSSR count). The number of likely N-dealkylation sites (N-methyl/N-ethyl adjacent to an activating group) is 1. The second-order valence-corrected chi connectivity index (χ2v) is 3.67. The molecule has 1 N–H and O–H groups in total. The van der Waals surface area contributed by atoms with Crippen molar-refractivity contribution < 1.29 is 0 Å². The van der Waals surface area contributed by atoms with Gasteiger partial charge in [0, 0.05) is 32.0 Å². The van der Waals surface area contributed by atoms with E-state index in [9.17, 15) is 0 Å². The van der Waals surface area contributed by atoms with Crippen molar-refractivity contribution in [3.05, 3.63) is 12.4 Å². The smallest absolute Gasteiger partial charge is 0.202 e. The molecular formula is C10H20N4. The zero-order valence-corrected chi connectivity index (χ0v) is 9.32. The van der Waals surface area contributed by atoms with Crippen LogP contribution < -0.4 is 5.32 Å². The Balaban J connectivity index is 2.45. The summed E-state index contributed by atoms with van der Waals surface area (Å²) in [6.07, 6.45) is 4.98. The van der Waals surface area contributed by atoms with Gasteiger partial charge >= 0.3 is 0 Å². The van der Waals surface area contributed by atoms with Crippen LogP contribution >= 0.6 is 0 Å². The van der Waals surface area contributed by atoms with Crippen molar-refractivity contribution in [2.45, 2.75) is 19.9 Å². The highest BCUT2D eigenvalue weighted by Gasteiger charge is 2.00. The zero-order chi connectivity index (χ0) is 10.4. The van der Waals surface area contributed by atoms with Crippen molar-refractivity contribution in [2.75, 3.05) is 32.5 Å². The van der Waals surface area contributed by atoms with Crippen molar-refractivity contribution in [3.63, 3.8) is 0 Å². The van der Waals surface area contributed by atoms with Crippen LogP contribution in [0.15, 0.2) is 12.4 Å². The molecule has 0 bridgehead atoms. The lowest BCUT2D eigenvalue weighted by Gasteiger charge is -2.12. The van der Waals surface area contributed by atoms with Crippen LogP contribution in [0.4, 0.5) is 5.95 Å². The molecule has 0 aliphatic rings. The first-order valence-corrected chi connectivity index (χ1v) is 5.13. The van der Waals surface area contributed by atoms with Gasteiger partial charge in [0.25, 0.3) is 0 Å². The van der Waals surface area contributed by atoms with E-state index >= 15 is 0 Å². The van der Waals surface area contributed by atoms with Crippen LogP contribution in [-0.4, -0.2) is 41.6 Å². The fourth-order valence-electron chi connectivity index (χ4n) is 1.20. The lowest BCUT2D eigenvalue weighted by atomic mass is 10.5. The van der Waals surface area contributed by atoms with E-state index in [2.05, 4.69) is 40.8 Å². The molecule has 0 spiro atoms. The summed E-state index contributed by atoms with van der Waals surface area (Å²) >= 11 is 0. The predicted molar refractivity (Wildman–Crippen MR) is 59.6 cm³/mol. The fraction of sp³-hybridized carbons (Fsp3) is 0.700. The van der Waals surface area contributed by atoms with Crippen molar-refractivity contribution in [2.24, 2.45) is 0 Å². The zero-order valence-electron chi connectivity index (χ0n) is 9.32. The highest BCUT2D eigenvalue weighted by molar-refractivity contribution is 5.25. The Bertz CT molecular complexity index is 254. The van der Waals surface area contributed by atoms with E-state index in [1.54, 1.807) is 0 Å². The van der Waals surface area contributed by atoms with Crippen LogP contribution in [0, 0.1) is 0 Å². The number of rotatable bonds is 6. The van der Waals surface area contributed by atoms with E-state index in [1.807, 2.05) is 12.4 Å². The summed E-state index contributed by atoms with van der Waals surface area (Å²) in [5.74, 6) is 0.980. The molecule has 1 heterocycles. The Kier molecular flexibility index (Phi) is 4.46. The van der Waals surface area contributed by atoms with Gasteiger partial charge in [0.05, 0.1) is 0 Å². The average Bonchev–Trinajstić information content (AvgIpc) is 2.58. The minimum atomic E-state index is 0.980. The third-order valence-corrected chi connectivity index (χ3v) is 2.04. The quantitative estimate of drug-likeness (QED) is 0.743. The molecule has 0 aliphatic carbocycles. The topological polar surface area (TPSA) is 33.1 Å². The Morgan fingerprint density at radius 3 is 2.93 bits per heavy atom. The normalized spacial score (nSPS) is 10.9. The lowest BCUT2D eigenvalue weighted by Crippen LogP contribution is -2.19. The maximum atomic E-state index is 4.26. The highest BCUT2D eigenvalue weighted by atomic mass is 15.2. The number of anilines is 1. The number of imidazole rings is 1. The van der Waals surface area contributed by atoms with Gasteiger partial charge in [0.2, 0.25) is 5.95 Å². The SMILES string of the molecule is CCCNc1nccn1CCN(C)C. The molecule has 80 valence electrons. The summed E-state index contributed by atoms with van der Waals surface area (Å²) in [7, 11) is 4.16. The number of hydrogen-bond acceptors (Lipinski definition) is 3. The molecule has 4 nitrogen and oxygen atoms in total. The Hall–Kier alpha value is -1.03. The van der Waals surface area contributed by atoms with Crippen LogP contribution in [0.1, 0.15) is 13.3 Å². The molecule has 0 radical (unpaired) electrons. The Morgan fingerprint density at radius 1 is 1.50 bits per heavy atom. The van der Waals surface area contributed by atoms with Crippen LogP contribution in [0.25, 0.3) is 0 Å². The number of nitrogens with one attached hydrogen (secondary N) is 1. The van der Waals surface area contributed by atoms with Gasteiger partial charge in [-0.15, -0.1) is 0 Å². The first-order valence-electron chi connectivity index (χ1n) is 5.13. The van der Waals surface area contributed by atoms with E-state index < -0.39 is 0 Å². The van der Waals surface area contributed by atoms with Gasteiger partial charge in [0.1, 0.15) is 0 Å². The monoisotopic (exact) mass is 196 g/mol. The van der Waals surface area contributed by atoms with Crippen molar-refractivity contribution >= 4 is 5.95 Å². The van der Waals surface area contributed by atoms with Crippen LogP contribution in [0.5, 0.6) is 0 Å². The fourth-order valence-corrected chi connectivity index (χ4v) is 1.20. The minimum absolute atomic E-state index is 0.980. The van der Waals surface area contributed by atoms with Gasteiger partial charge in [-0.05, 0) is 20.5 Å². The molecule has 0 atom stereocenters. The van der Waals surface area contributed by atoms with Gasteiger partial charge in [-0.25, -0.2) is 4.98 Å². The second-order valence-electron chi connectivity index (χ2n) is 3.67. The van der Waals surface area contributed by atoms with Gasteiger partial charge in [-0.2, -0.15) is 0 Å². The summed E-state index contributed by atoms with van der Waals surface area (Å²) in [5.41, 5.74) is 0. The minimum Gasteiger partial charge on any atom is -0.356 e. The molecule has 0 saturated carbocycles. The predicted octanol–water partition coefficient (Wildman–Crippen LogP) is 1.27. The third kappa shape index (κ3) is 3.38. The van der Waals surface area contributed by atoms with Gasteiger partial charge in [0.15, 0.2) is 0 Å². The summed E-state index contributed by atoms with van der Waals surface area (Å²) in [6, 6.07) is 0. The van der Waals surface area contributed by atoms with Crippen LogP contribution in [-0.2, 0) is 6.54 Å². The van der Waals surface area contributed by atoms with E-state index in [0.717, 1.165) is 32.0 Å². The summed E-state index contributed by atoms with van der Waals surface area (Å²) in [4.78, 5) is 6.44. The van der Waals surface area contributed by atoms with E-state index in [0.29, 0.717) is 0 Å². The molecule has 4 heteroatoms. The maximum Gasteiger partial charge on any atom is 0.202 e. The van der Waals surface area contributed by atoms with E-state index in [-0.39, 0.29) is 0 Å². The molecule has 1 aromatic heterocycles. The molecule has 0 amide bonds. The van der Waals surface area contributed by atoms with E-state index in [1.165, 1.54) is 0 Å². The molecule has 0 aromatic carbocycles. The molecule has 0 saturated heterocycles. The lowest BCUT2D eigenvalue weighted by molar-refractivity contribution is 0.385. The van der Waals surface area contributed by atoms with Crippen LogP contribution in [0.3, 0.4) is 0 Å². The molecule has 1 aromatic rings. The summed E-state index contributed by atoms with van der Waals surface area (Å²) < 4.78 is 2.15. The number of hydrogen-bond donors (Lipinski definition) is 1. The van der Waals surface area contributed by atoms with Crippen molar-refractivity contribution in [1.82, 2.24) is 14.5 Å². The van der Waals surface area contributed by atoms with Crippen molar-refractivity contribution in [1.29, 1.82) is 0 Å². The van der Waals surface area contributed by atoms with E-state index in [4.69, 9.17) is 0 Å². The number of aromatic nitrogens is 2. The highest BCUT2D eigenvalue weighted by Crippen LogP contribution is 2.03. The summed E-state index contributed by atoms with van der Waals surface area (Å²) in [5, 5.41) is 3.30. The molecule has 0 fully saturated rings. The maximum absolute atomic E-state index is 4.26. The Labute approximate surface area is 85.9 Å². The standard InChI is InChI=1S/C10H20N4/c1-4-5-11-10-12-6-7-14(10)9-8-13(2)3/h6-7H,4-5,8-9H2,1-3H3,(H,11,12). The molecule has 0 unspecified atom stereocenters. The van der Waals surface area contributed by atoms with Gasteiger partial charge < -0.3 is 14.8 Å². The average molecular weight is 196 g/mol. The van der Waals surface area contributed by atoms with Gasteiger partial charge in [-0.3, -0.25) is 0 Å². The molecule has 0 aliphatic heterocycles. The first kappa shape index (κ1) is 11.0. The number of nitrogens with zero attached hydrogens (tertiary/aromatic N) is 3. The van der Waals surface area contributed by atoms with Gasteiger partial charge in [-0.1, -0.05) is 6.92 Å². The molecular weight excluding hydrogens is 176 g/mol. The second kappa shape index (κ2) is 5.65. The van der Waals surface area contributed by atoms with Crippen LogP contribution in [0.2, 0.25) is 0 Å². The third-order valence-electron chi connectivity index (χ3n) is 2.04. The molecule has 14 heavy (non-hydrogen) atoms. The Morgan fingerprint density at radius 2 is 2.29 bits per heavy atom.